The fourth-order valence-electron chi connectivity index (χ4n) is 0.787. The number of rotatable bonds is 3. The molecule has 2 N–H and O–H groups in total. The third kappa shape index (κ3) is 3.58. The molecule has 8 heteroatoms. The van der Waals surface area contributed by atoms with Crippen molar-refractivity contribution < 1.29 is 4.92 Å². The van der Waals surface area contributed by atoms with E-state index in [1.165, 1.54) is 17.0 Å². The van der Waals surface area contributed by atoms with Crippen LogP contribution >= 0.6 is 24.8 Å². The van der Waals surface area contributed by atoms with Crippen molar-refractivity contribution in [3.05, 3.63) is 22.5 Å². The molecule has 0 aliphatic rings. The van der Waals surface area contributed by atoms with Gasteiger partial charge in [0.25, 0.3) is 0 Å². The van der Waals surface area contributed by atoms with Crippen LogP contribution in [0.15, 0.2) is 12.4 Å². The zero-order chi connectivity index (χ0) is 8.27. The van der Waals surface area contributed by atoms with E-state index < -0.39 is 4.92 Å². The van der Waals surface area contributed by atoms with Crippen LogP contribution in [-0.4, -0.2) is 21.0 Å². The molecule has 0 aromatic carbocycles. The molecule has 0 atom stereocenters. The van der Waals surface area contributed by atoms with Gasteiger partial charge >= 0.3 is 5.95 Å². The van der Waals surface area contributed by atoms with Crippen molar-refractivity contribution in [2.24, 2.45) is 5.73 Å². The van der Waals surface area contributed by atoms with Gasteiger partial charge < -0.3 is 15.8 Å². The monoisotopic (exact) mass is 228 g/mol. The van der Waals surface area contributed by atoms with Crippen LogP contribution in [0.3, 0.4) is 0 Å². The first-order valence-corrected chi connectivity index (χ1v) is 3.11. The molecule has 13 heavy (non-hydrogen) atoms. The molecule has 1 aromatic heterocycles. The van der Waals surface area contributed by atoms with Crippen molar-refractivity contribution in [1.82, 2.24) is 9.55 Å². The Balaban J connectivity index is 0. The maximum Gasteiger partial charge on any atom is 0.434 e. The van der Waals surface area contributed by atoms with Crippen LogP contribution in [0, 0.1) is 10.1 Å². The van der Waals surface area contributed by atoms with Gasteiger partial charge in [0.15, 0.2) is 0 Å². The molecule has 0 amide bonds. The number of aromatic nitrogens is 2. The Morgan fingerprint density at radius 1 is 1.62 bits per heavy atom. The fraction of sp³-hybridized carbons (Fsp3) is 0.400. The van der Waals surface area contributed by atoms with E-state index in [0.717, 1.165) is 0 Å². The highest BCUT2D eigenvalue weighted by Crippen LogP contribution is 2.05. The summed E-state index contributed by atoms with van der Waals surface area (Å²) in [4.78, 5) is 13.2. The molecule has 0 radical (unpaired) electrons. The minimum atomic E-state index is -0.532. The van der Waals surface area contributed by atoms with Crippen LogP contribution in [-0.2, 0) is 6.54 Å². The normalized spacial score (nSPS) is 8.38. The Bertz CT molecular complexity index is 265. The lowest BCUT2D eigenvalue weighted by atomic mass is 10.6. The highest BCUT2D eigenvalue weighted by Gasteiger charge is 2.11. The van der Waals surface area contributed by atoms with Gasteiger partial charge in [0.1, 0.15) is 12.4 Å². The number of nitrogens with zero attached hydrogens (tertiary/aromatic N) is 3. The molecular weight excluding hydrogens is 219 g/mol. The van der Waals surface area contributed by atoms with Gasteiger partial charge in [-0.15, -0.1) is 24.8 Å². The van der Waals surface area contributed by atoms with Gasteiger partial charge in [0.05, 0.1) is 6.54 Å². The van der Waals surface area contributed by atoms with E-state index in [4.69, 9.17) is 5.73 Å². The van der Waals surface area contributed by atoms with Gasteiger partial charge in [-0.1, -0.05) is 4.98 Å². The molecule has 6 nitrogen and oxygen atoms in total. The average Bonchev–Trinajstić information content (AvgIpc) is 2.36. The van der Waals surface area contributed by atoms with Crippen molar-refractivity contribution in [3.63, 3.8) is 0 Å². The molecule has 0 aliphatic heterocycles. The molecular formula is C5H10Cl2N4O2. The van der Waals surface area contributed by atoms with Crippen LogP contribution in [0.1, 0.15) is 0 Å². The smallest absolute Gasteiger partial charge is 0.390 e. The number of hydrogen-bond donors (Lipinski definition) is 1. The van der Waals surface area contributed by atoms with Crippen LogP contribution in [0.2, 0.25) is 0 Å². The molecule has 0 aliphatic carbocycles. The topological polar surface area (TPSA) is 87.0 Å². The van der Waals surface area contributed by atoms with Gasteiger partial charge in [-0.2, -0.15) is 0 Å². The number of imidazole rings is 1. The van der Waals surface area contributed by atoms with E-state index in [0.29, 0.717) is 13.1 Å². The molecule has 0 saturated carbocycles. The Labute approximate surface area is 87.1 Å². The third-order valence-electron chi connectivity index (χ3n) is 1.23. The summed E-state index contributed by atoms with van der Waals surface area (Å²) in [6.07, 6.45) is 2.92. The first kappa shape index (κ1) is 14.7. The van der Waals surface area contributed by atoms with Crippen molar-refractivity contribution in [1.29, 1.82) is 0 Å². The van der Waals surface area contributed by atoms with Crippen LogP contribution in [0.4, 0.5) is 5.95 Å². The molecule has 0 spiro atoms. The summed E-state index contributed by atoms with van der Waals surface area (Å²) in [7, 11) is 0. The van der Waals surface area contributed by atoms with E-state index in [2.05, 4.69) is 4.98 Å². The second-order valence-electron chi connectivity index (χ2n) is 1.97. The molecule has 0 saturated heterocycles. The van der Waals surface area contributed by atoms with Gasteiger partial charge in [-0.25, -0.2) is 4.57 Å². The van der Waals surface area contributed by atoms with E-state index in [1.54, 1.807) is 0 Å². The minimum Gasteiger partial charge on any atom is -0.390 e. The van der Waals surface area contributed by atoms with E-state index in [-0.39, 0.29) is 30.8 Å². The lowest BCUT2D eigenvalue weighted by Gasteiger charge is -1.96. The van der Waals surface area contributed by atoms with Crippen molar-refractivity contribution in [2.45, 2.75) is 6.54 Å². The summed E-state index contributed by atoms with van der Waals surface area (Å²) in [6.45, 7) is 0.799. The summed E-state index contributed by atoms with van der Waals surface area (Å²) >= 11 is 0. The number of hydrogen-bond acceptors (Lipinski definition) is 4. The summed E-state index contributed by atoms with van der Waals surface area (Å²) in [5.74, 6) is -0.157. The minimum absolute atomic E-state index is 0. The highest BCUT2D eigenvalue weighted by atomic mass is 35.5. The maximum absolute atomic E-state index is 10.2. The van der Waals surface area contributed by atoms with Gasteiger partial charge in [-0.05, 0) is 4.92 Å². The van der Waals surface area contributed by atoms with Gasteiger partial charge in [-0.3, -0.25) is 0 Å². The Morgan fingerprint density at radius 2 is 2.23 bits per heavy atom. The largest absolute Gasteiger partial charge is 0.434 e. The van der Waals surface area contributed by atoms with Crippen LogP contribution in [0.5, 0.6) is 0 Å². The maximum atomic E-state index is 10.2. The molecule has 0 bridgehead atoms. The zero-order valence-electron chi connectivity index (χ0n) is 6.62. The summed E-state index contributed by atoms with van der Waals surface area (Å²) in [6, 6.07) is 0. The molecule has 0 unspecified atom stereocenters. The third-order valence-corrected chi connectivity index (χ3v) is 1.23. The average molecular weight is 229 g/mol. The fourth-order valence-corrected chi connectivity index (χ4v) is 0.787. The first-order chi connectivity index (χ1) is 5.25. The zero-order valence-corrected chi connectivity index (χ0v) is 8.25. The summed E-state index contributed by atoms with van der Waals surface area (Å²) in [5, 5.41) is 10.2. The standard InChI is InChI=1S/C5H8N4O2.2ClH/c6-1-3-8-4-2-7-5(8)9(10)11;;/h2,4H,1,3,6H2;2*1H. The van der Waals surface area contributed by atoms with Crippen LogP contribution in [0.25, 0.3) is 0 Å². The second kappa shape index (κ2) is 6.64. The molecule has 1 aromatic rings. The van der Waals surface area contributed by atoms with Gasteiger partial charge in [0, 0.05) is 6.54 Å². The second-order valence-corrected chi connectivity index (χ2v) is 1.97. The Hall–Kier alpha value is -0.850. The summed E-state index contributed by atoms with van der Waals surface area (Å²) in [5.41, 5.74) is 5.22. The number of halogens is 2. The number of nitrogens with two attached hydrogens (primary N) is 1. The van der Waals surface area contributed by atoms with Crippen molar-refractivity contribution in [3.8, 4) is 0 Å². The van der Waals surface area contributed by atoms with E-state index in [9.17, 15) is 10.1 Å². The quantitative estimate of drug-likeness (QED) is 0.607. The van der Waals surface area contributed by atoms with E-state index in [1.807, 2.05) is 0 Å². The summed E-state index contributed by atoms with van der Waals surface area (Å²) < 4.78 is 1.40. The lowest BCUT2D eigenvalue weighted by molar-refractivity contribution is -0.396. The first-order valence-electron chi connectivity index (χ1n) is 3.11. The molecule has 76 valence electrons. The Morgan fingerprint density at radius 3 is 2.69 bits per heavy atom. The number of nitro groups is 1. The van der Waals surface area contributed by atoms with Gasteiger partial charge in [0.2, 0.25) is 0 Å². The predicted molar refractivity (Wildman–Crippen MR) is 52.4 cm³/mol. The lowest BCUT2D eigenvalue weighted by Crippen LogP contribution is -2.11. The molecule has 0 fully saturated rings. The van der Waals surface area contributed by atoms with Crippen LogP contribution < -0.4 is 5.73 Å². The molecule has 1 rings (SSSR count). The molecule has 1 heterocycles. The van der Waals surface area contributed by atoms with Crippen molar-refractivity contribution >= 4 is 30.8 Å². The SMILES string of the molecule is Cl.Cl.NCCn1ccnc1[N+](=O)[O-]. The predicted octanol–water partition coefficient (Wildman–Crippen LogP) is 0.594. The van der Waals surface area contributed by atoms with E-state index >= 15 is 0 Å². The Kier molecular flexibility index (Phi) is 7.49. The van der Waals surface area contributed by atoms with Crippen molar-refractivity contribution in [2.75, 3.05) is 6.54 Å². The highest BCUT2D eigenvalue weighted by molar-refractivity contribution is 5.85.